The van der Waals surface area contributed by atoms with Gasteiger partial charge in [-0.2, -0.15) is 0 Å². The van der Waals surface area contributed by atoms with Crippen molar-refractivity contribution in [3.8, 4) is 11.3 Å². The molecule has 0 unspecified atom stereocenters. The van der Waals surface area contributed by atoms with Gasteiger partial charge in [0.1, 0.15) is 7.05 Å². The van der Waals surface area contributed by atoms with Gasteiger partial charge in [-0.1, -0.05) is 115 Å². The van der Waals surface area contributed by atoms with Crippen LogP contribution in [0.3, 0.4) is 0 Å². The molecule has 0 saturated heterocycles. The molecule has 4 aromatic carbocycles. The molecule has 0 spiro atoms. The third-order valence-corrected chi connectivity index (χ3v) is 11.9. The molecule has 1 nitrogen and oxygen atoms in total. The van der Waals surface area contributed by atoms with Crippen molar-refractivity contribution >= 4 is 57.3 Å². The lowest BCUT2D eigenvalue weighted by Crippen LogP contribution is -2.37. The molecule has 0 radical (unpaired) electrons. The van der Waals surface area contributed by atoms with Crippen molar-refractivity contribution in [2.24, 2.45) is 17.9 Å². The van der Waals surface area contributed by atoms with Crippen LogP contribution in [-0.4, -0.2) is 8.07 Å². The molecule has 0 aliphatic carbocycles. The Kier molecular flexibility index (Phi) is 6.56. The summed E-state index contributed by atoms with van der Waals surface area (Å²) in [5.41, 5.74) is 7.63. The van der Waals surface area contributed by atoms with E-state index >= 15 is 0 Å². The summed E-state index contributed by atoms with van der Waals surface area (Å²) in [7, 11) is 0.809. The van der Waals surface area contributed by atoms with Crippen LogP contribution in [0.1, 0.15) is 58.2 Å². The Morgan fingerprint density at radius 1 is 0.756 bits per heavy atom. The fourth-order valence-electron chi connectivity index (χ4n) is 6.78. The summed E-state index contributed by atoms with van der Waals surface area (Å²) in [4.78, 5) is 2.85. The van der Waals surface area contributed by atoms with Crippen molar-refractivity contribution < 1.29 is 4.57 Å². The van der Waals surface area contributed by atoms with Crippen molar-refractivity contribution in [3.05, 3.63) is 71.4 Å². The SMILES string of the molecule is Cc1c2c(c(CC(C)(C)C)c3ccc(CC(C)(C)C)cc13)Sc1cc3ccc([Si](C)(C)C)cc3c3cc[n+](C)c-2c13. The number of fused-ring (bicyclic) bond motifs is 5. The Morgan fingerprint density at radius 3 is 2.12 bits per heavy atom. The van der Waals surface area contributed by atoms with E-state index in [9.17, 15) is 0 Å². The third kappa shape index (κ3) is 5.04. The van der Waals surface area contributed by atoms with E-state index in [1.54, 1.807) is 0 Å². The summed E-state index contributed by atoms with van der Waals surface area (Å²) < 4.78 is 2.39. The van der Waals surface area contributed by atoms with E-state index in [-0.39, 0.29) is 10.8 Å². The van der Waals surface area contributed by atoms with Crippen LogP contribution in [0.25, 0.3) is 43.6 Å². The molecule has 41 heavy (non-hydrogen) atoms. The van der Waals surface area contributed by atoms with Crippen LogP contribution in [0.15, 0.2) is 64.5 Å². The topological polar surface area (TPSA) is 3.88 Å². The van der Waals surface area contributed by atoms with Crippen molar-refractivity contribution in [2.75, 3.05) is 0 Å². The maximum atomic E-state index is 2.50. The van der Waals surface area contributed by atoms with Crippen LogP contribution in [0.5, 0.6) is 0 Å². The van der Waals surface area contributed by atoms with Gasteiger partial charge in [-0.15, -0.1) is 0 Å². The van der Waals surface area contributed by atoms with Gasteiger partial charge >= 0.3 is 0 Å². The minimum absolute atomic E-state index is 0.186. The third-order valence-electron chi connectivity index (χ3n) is 8.65. The van der Waals surface area contributed by atoms with E-state index in [1.807, 2.05) is 11.8 Å². The zero-order valence-electron chi connectivity index (χ0n) is 27.0. The summed E-state index contributed by atoms with van der Waals surface area (Å²) in [6.45, 7) is 23.9. The molecular weight excluding hydrogens is 531 g/mol. The van der Waals surface area contributed by atoms with Crippen molar-refractivity contribution in [1.82, 2.24) is 0 Å². The predicted octanol–water partition coefficient (Wildman–Crippen LogP) is 10.1. The highest BCUT2D eigenvalue weighted by molar-refractivity contribution is 8.00. The van der Waals surface area contributed by atoms with Crippen molar-refractivity contribution in [3.63, 3.8) is 0 Å². The fourth-order valence-corrected chi connectivity index (χ4v) is 9.31. The fraction of sp³-hybridized carbons (Fsp3) is 0.395. The summed E-state index contributed by atoms with van der Waals surface area (Å²) in [5, 5.41) is 9.94. The molecule has 0 fully saturated rings. The Bertz CT molecular complexity index is 1880. The van der Waals surface area contributed by atoms with E-state index in [0.29, 0.717) is 0 Å². The zero-order valence-corrected chi connectivity index (χ0v) is 28.8. The molecular formula is C38H46NSSi+. The average molecular weight is 577 g/mol. The number of aryl methyl sites for hydroxylation is 2. The summed E-state index contributed by atoms with van der Waals surface area (Å²) in [6, 6.07) is 19.4. The molecule has 3 heteroatoms. The maximum Gasteiger partial charge on any atom is 0.222 e. The molecule has 1 aromatic heterocycles. The van der Waals surface area contributed by atoms with Gasteiger partial charge < -0.3 is 0 Å². The zero-order chi connectivity index (χ0) is 29.6. The van der Waals surface area contributed by atoms with Crippen LogP contribution in [0.4, 0.5) is 0 Å². The Morgan fingerprint density at radius 2 is 1.46 bits per heavy atom. The predicted molar refractivity (Wildman–Crippen MR) is 184 cm³/mol. The lowest BCUT2D eigenvalue weighted by molar-refractivity contribution is -0.659. The second kappa shape index (κ2) is 9.44. The summed E-state index contributed by atoms with van der Waals surface area (Å²) >= 11 is 2.01. The van der Waals surface area contributed by atoms with Crippen LogP contribution in [0, 0.1) is 17.8 Å². The normalized spacial score (nSPS) is 13.8. The summed E-state index contributed by atoms with van der Waals surface area (Å²) in [6.07, 6.45) is 4.44. The van der Waals surface area contributed by atoms with Crippen molar-refractivity contribution in [2.45, 2.75) is 90.7 Å². The van der Waals surface area contributed by atoms with E-state index in [2.05, 4.69) is 134 Å². The largest absolute Gasteiger partial charge is 0.222 e. The number of rotatable bonds is 3. The molecule has 6 rings (SSSR count). The van der Waals surface area contributed by atoms with Gasteiger partial charge in [0.2, 0.25) is 5.69 Å². The molecule has 2 heterocycles. The van der Waals surface area contributed by atoms with E-state index in [1.165, 1.54) is 75.2 Å². The smallest absolute Gasteiger partial charge is 0.200 e. The Balaban J connectivity index is 1.73. The molecule has 5 aromatic rings. The van der Waals surface area contributed by atoms with Crippen LogP contribution in [-0.2, 0) is 19.9 Å². The van der Waals surface area contributed by atoms with Gasteiger partial charge in [0.15, 0.2) is 6.20 Å². The monoisotopic (exact) mass is 576 g/mol. The molecule has 1 aliphatic rings. The standard InChI is InChI=1S/C38H46NSSi/c1-23-29-18-24(21-37(2,3)4)12-15-27(29)31(22-38(5,6)7)36-33(23)35-34-28(16-17-39(35)8)30-20-26(41(9,10)11)14-13-25(30)19-32(34)40-36/h12-20H,21-22H2,1-11H3/q+1. The molecule has 0 bridgehead atoms. The summed E-state index contributed by atoms with van der Waals surface area (Å²) in [5.74, 6) is 0. The lowest BCUT2D eigenvalue weighted by atomic mass is 9.81. The second-order valence-electron chi connectivity index (χ2n) is 15.9. The van der Waals surface area contributed by atoms with Crippen molar-refractivity contribution in [1.29, 1.82) is 0 Å². The highest BCUT2D eigenvalue weighted by Crippen LogP contribution is 2.53. The molecule has 0 atom stereocenters. The molecule has 212 valence electrons. The minimum Gasteiger partial charge on any atom is -0.200 e. The Hall–Kier alpha value is -2.62. The number of aromatic nitrogens is 1. The van der Waals surface area contributed by atoms with E-state index in [4.69, 9.17) is 0 Å². The minimum atomic E-state index is -1.43. The average Bonchev–Trinajstić information content (AvgIpc) is 2.85. The van der Waals surface area contributed by atoms with Gasteiger partial charge in [-0.05, 0) is 74.9 Å². The van der Waals surface area contributed by atoms with E-state index < -0.39 is 8.07 Å². The maximum absolute atomic E-state index is 2.50. The molecule has 0 N–H and O–H groups in total. The quantitative estimate of drug-likeness (QED) is 0.115. The van der Waals surface area contributed by atoms with Gasteiger partial charge in [0.05, 0.1) is 19.0 Å². The number of benzene rings is 4. The van der Waals surface area contributed by atoms with Crippen LogP contribution >= 0.6 is 11.8 Å². The first kappa shape index (κ1) is 28.5. The van der Waals surface area contributed by atoms with Gasteiger partial charge in [-0.25, -0.2) is 4.57 Å². The number of hydrogen-bond donors (Lipinski definition) is 0. The molecule has 1 aliphatic heterocycles. The number of nitrogens with zero attached hydrogens (tertiary/aromatic N) is 1. The second-order valence-corrected chi connectivity index (χ2v) is 22.0. The van der Waals surface area contributed by atoms with Crippen LogP contribution < -0.4 is 9.75 Å². The van der Waals surface area contributed by atoms with Gasteiger partial charge in [0.25, 0.3) is 0 Å². The van der Waals surface area contributed by atoms with Crippen LogP contribution in [0.2, 0.25) is 19.6 Å². The van der Waals surface area contributed by atoms with Gasteiger partial charge in [0, 0.05) is 21.2 Å². The van der Waals surface area contributed by atoms with E-state index in [0.717, 1.165) is 12.8 Å². The lowest BCUT2D eigenvalue weighted by Gasteiger charge is -2.28. The first-order valence-corrected chi connectivity index (χ1v) is 19.5. The molecule has 0 saturated carbocycles. The first-order valence-electron chi connectivity index (χ1n) is 15.2. The number of pyridine rings is 1. The molecule has 0 amide bonds. The number of hydrogen-bond acceptors (Lipinski definition) is 1. The highest BCUT2D eigenvalue weighted by atomic mass is 32.2. The van der Waals surface area contributed by atoms with Gasteiger partial charge in [-0.3, -0.25) is 0 Å². The Labute approximate surface area is 252 Å². The first-order chi connectivity index (χ1) is 19.0. The highest BCUT2D eigenvalue weighted by Gasteiger charge is 2.33.